The molecule has 1 aliphatic heterocycles. The van der Waals surface area contributed by atoms with E-state index in [1.54, 1.807) is 4.90 Å². The number of anilines is 1. The molecule has 2 aromatic rings. The first-order valence-corrected chi connectivity index (χ1v) is 10.6. The second-order valence-electron chi connectivity index (χ2n) is 9.34. The van der Waals surface area contributed by atoms with Gasteiger partial charge in [-0.25, -0.2) is 0 Å². The molecule has 2 amide bonds. The van der Waals surface area contributed by atoms with Crippen LogP contribution in [0.25, 0.3) is 0 Å². The Balaban J connectivity index is 1.42. The molecular weight excluding hydrogens is 378 g/mol. The van der Waals surface area contributed by atoms with Gasteiger partial charge in [0, 0.05) is 42.4 Å². The number of H-pyrrole nitrogens is 1. The number of hydrogen-bond acceptors (Lipinski definition) is 3. The average molecular weight is 408 g/mol. The van der Waals surface area contributed by atoms with Crippen LogP contribution in [0.4, 0.5) is 5.69 Å². The molecular formula is C24H29N3O3. The van der Waals surface area contributed by atoms with Crippen molar-refractivity contribution in [3.8, 4) is 0 Å². The number of rotatable bonds is 3. The number of benzene rings is 1. The number of aromatic nitrogens is 1. The Hall–Kier alpha value is -2.89. The van der Waals surface area contributed by atoms with E-state index in [0.717, 1.165) is 23.4 Å². The Kier molecular flexibility index (Phi) is 5.26. The third-order valence-electron chi connectivity index (χ3n) is 6.31. The molecule has 0 unspecified atom stereocenters. The van der Waals surface area contributed by atoms with Crippen LogP contribution in [0, 0.1) is 18.3 Å². The largest absolute Gasteiger partial charge is 0.354 e. The number of piperidine rings is 1. The summed E-state index contributed by atoms with van der Waals surface area (Å²) in [5.41, 5.74) is 3.58. The average Bonchev–Trinajstić information content (AvgIpc) is 3.03. The minimum absolute atomic E-state index is 0.00708. The number of Topliss-reactive ketones (excluding diaryl/α,β-unsaturated/α-hetero) is 1. The second-order valence-corrected chi connectivity index (χ2v) is 9.34. The minimum Gasteiger partial charge on any atom is -0.354 e. The molecule has 6 heteroatoms. The van der Waals surface area contributed by atoms with Crippen molar-refractivity contribution >= 4 is 23.3 Å². The van der Waals surface area contributed by atoms with Crippen molar-refractivity contribution in [3.05, 3.63) is 52.8 Å². The Labute approximate surface area is 177 Å². The molecule has 2 N–H and O–H groups in total. The zero-order valence-electron chi connectivity index (χ0n) is 17.9. The summed E-state index contributed by atoms with van der Waals surface area (Å²) >= 11 is 0. The van der Waals surface area contributed by atoms with E-state index in [4.69, 9.17) is 0 Å². The van der Waals surface area contributed by atoms with Crippen LogP contribution in [-0.2, 0) is 11.2 Å². The van der Waals surface area contributed by atoms with E-state index >= 15 is 0 Å². The molecule has 0 atom stereocenters. The highest BCUT2D eigenvalue weighted by Crippen LogP contribution is 2.37. The van der Waals surface area contributed by atoms with Crippen molar-refractivity contribution < 1.29 is 14.4 Å². The summed E-state index contributed by atoms with van der Waals surface area (Å²) in [6.07, 6.45) is 2.55. The molecule has 4 rings (SSSR count). The van der Waals surface area contributed by atoms with Crippen molar-refractivity contribution in [2.24, 2.45) is 11.3 Å². The maximum absolute atomic E-state index is 13.2. The van der Waals surface area contributed by atoms with E-state index < -0.39 is 0 Å². The van der Waals surface area contributed by atoms with Gasteiger partial charge >= 0.3 is 0 Å². The molecule has 0 saturated carbocycles. The fourth-order valence-corrected chi connectivity index (χ4v) is 4.72. The maximum atomic E-state index is 13.2. The van der Waals surface area contributed by atoms with E-state index in [1.165, 1.54) is 0 Å². The van der Waals surface area contributed by atoms with Crippen LogP contribution < -0.4 is 5.32 Å². The summed E-state index contributed by atoms with van der Waals surface area (Å²) in [5.74, 6) is -0.0537. The Morgan fingerprint density at radius 1 is 1.10 bits per heavy atom. The highest BCUT2D eigenvalue weighted by atomic mass is 16.2. The van der Waals surface area contributed by atoms with Crippen LogP contribution in [0.5, 0.6) is 0 Å². The molecule has 0 radical (unpaired) electrons. The number of aromatic amines is 1. The summed E-state index contributed by atoms with van der Waals surface area (Å²) < 4.78 is 0. The number of carbonyl (C=O) groups is 3. The van der Waals surface area contributed by atoms with Gasteiger partial charge in [-0.3, -0.25) is 14.4 Å². The Morgan fingerprint density at radius 3 is 2.43 bits per heavy atom. The van der Waals surface area contributed by atoms with Crippen molar-refractivity contribution in [1.82, 2.24) is 9.88 Å². The zero-order chi connectivity index (χ0) is 21.5. The van der Waals surface area contributed by atoms with E-state index in [1.807, 2.05) is 37.3 Å². The molecule has 2 aliphatic rings. The second kappa shape index (κ2) is 7.74. The number of hydrogen-bond donors (Lipinski definition) is 2. The number of nitrogens with zero attached hydrogens (tertiary/aromatic N) is 1. The quantitative estimate of drug-likeness (QED) is 0.808. The highest BCUT2D eigenvalue weighted by Gasteiger charge is 2.36. The standard InChI is InChI=1S/C24H29N3O3/c1-15-20-18(13-24(2,3)14-19(20)28)26-21(15)23(30)27-11-9-16(10-12-27)22(29)25-17-7-5-4-6-8-17/h4-8,16,26H,9-14H2,1-3H3,(H,25,29). The maximum Gasteiger partial charge on any atom is 0.270 e. The summed E-state index contributed by atoms with van der Waals surface area (Å²) in [4.78, 5) is 43.4. The summed E-state index contributed by atoms with van der Waals surface area (Å²) in [7, 11) is 0. The fraction of sp³-hybridized carbons (Fsp3) is 0.458. The summed E-state index contributed by atoms with van der Waals surface area (Å²) in [6.45, 7) is 7.09. The first-order chi connectivity index (χ1) is 14.2. The van der Waals surface area contributed by atoms with Crippen LogP contribution in [0.2, 0.25) is 0 Å². The zero-order valence-corrected chi connectivity index (χ0v) is 17.9. The molecule has 1 aliphatic carbocycles. The van der Waals surface area contributed by atoms with Crippen LogP contribution >= 0.6 is 0 Å². The van der Waals surface area contributed by atoms with Crippen LogP contribution in [-0.4, -0.2) is 40.6 Å². The normalized spacial score (nSPS) is 18.8. The predicted molar refractivity (Wildman–Crippen MR) is 116 cm³/mol. The molecule has 158 valence electrons. The number of carbonyl (C=O) groups excluding carboxylic acids is 3. The topological polar surface area (TPSA) is 82.3 Å². The first kappa shape index (κ1) is 20.4. The number of ketones is 1. The monoisotopic (exact) mass is 407 g/mol. The molecule has 6 nitrogen and oxygen atoms in total. The van der Waals surface area contributed by atoms with E-state index in [9.17, 15) is 14.4 Å². The lowest BCUT2D eigenvalue weighted by atomic mass is 9.75. The lowest BCUT2D eigenvalue weighted by Crippen LogP contribution is -2.41. The molecule has 1 aromatic heterocycles. The molecule has 1 aromatic carbocycles. The molecule has 2 heterocycles. The molecule has 0 bridgehead atoms. The van der Waals surface area contributed by atoms with E-state index in [2.05, 4.69) is 24.1 Å². The molecule has 0 spiro atoms. The predicted octanol–water partition coefficient (Wildman–Crippen LogP) is 3.97. The highest BCUT2D eigenvalue weighted by molar-refractivity contribution is 6.04. The van der Waals surface area contributed by atoms with Gasteiger partial charge in [0.05, 0.1) is 0 Å². The van der Waals surface area contributed by atoms with Crippen LogP contribution in [0.1, 0.15) is 65.2 Å². The fourth-order valence-electron chi connectivity index (χ4n) is 4.72. The number of fused-ring (bicyclic) bond motifs is 1. The molecule has 1 fully saturated rings. The van der Waals surface area contributed by atoms with E-state index in [-0.39, 0.29) is 28.9 Å². The van der Waals surface area contributed by atoms with Gasteiger partial charge in [0.1, 0.15) is 5.69 Å². The van der Waals surface area contributed by atoms with E-state index in [0.29, 0.717) is 43.6 Å². The third kappa shape index (κ3) is 3.91. The van der Waals surface area contributed by atoms with Gasteiger partial charge in [-0.2, -0.15) is 0 Å². The van der Waals surface area contributed by atoms with Gasteiger partial charge < -0.3 is 15.2 Å². The Bertz CT molecular complexity index is 983. The number of likely N-dealkylation sites (tertiary alicyclic amines) is 1. The summed E-state index contributed by atoms with van der Waals surface area (Å²) in [5, 5.41) is 2.96. The van der Waals surface area contributed by atoms with Gasteiger partial charge in [0.15, 0.2) is 5.78 Å². The van der Waals surface area contributed by atoms with Gasteiger partial charge in [-0.15, -0.1) is 0 Å². The van der Waals surface area contributed by atoms with Gasteiger partial charge in [-0.05, 0) is 49.3 Å². The van der Waals surface area contributed by atoms with Gasteiger partial charge in [0.25, 0.3) is 5.91 Å². The van der Waals surface area contributed by atoms with Crippen LogP contribution in [0.15, 0.2) is 30.3 Å². The minimum atomic E-state index is -0.102. The van der Waals surface area contributed by atoms with Crippen molar-refractivity contribution in [2.45, 2.75) is 46.5 Å². The van der Waals surface area contributed by atoms with Crippen molar-refractivity contribution in [2.75, 3.05) is 18.4 Å². The Morgan fingerprint density at radius 2 is 1.77 bits per heavy atom. The summed E-state index contributed by atoms with van der Waals surface area (Å²) in [6, 6.07) is 9.43. The van der Waals surface area contributed by atoms with Crippen molar-refractivity contribution in [3.63, 3.8) is 0 Å². The molecule has 30 heavy (non-hydrogen) atoms. The van der Waals surface area contributed by atoms with Crippen molar-refractivity contribution in [1.29, 1.82) is 0 Å². The third-order valence-corrected chi connectivity index (χ3v) is 6.31. The number of para-hydroxylation sites is 1. The lowest BCUT2D eigenvalue weighted by Gasteiger charge is -2.31. The molecule has 1 saturated heterocycles. The number of amides is 2. The first-order valence-electron chi connectivity index (χ1n) is 10.6. The van der Waals surface area contributed by atoms with Gasteiger partial charge in [0.2, 0.25) is 5.91 Å². The smallest absolute Gasteiger partial charge is 0.270 e. The number of nitrogens with one attached hydrogen (secondary N) is 2. The SMILES string of the molecule is Cc1c(C(=O)N2CCC(C(=O)Nc3ccccc3)CC2)[nH]c2c1C(=O)CC(C)(C)C2. The van der Waals surface area contributed by atoms with Crippen LogP contribution in [0.3, 0.4) is 0 Å². The van der Waals surface area contributed by atoms with Gasteiger partial charge in [-0.1, -0.05) is 32.0 Å². The lowest BCUT2D eigenvalue weighted by molar-refractivity contribution is -0.121.